The highest BCUT2D eigenvalue weighted by atomic mass is 19.1. The van der Waals surface area contributed by atoms with Gasteiger partial charge in [-0.05, 0) is 36.5 Å². The van der Waals surface area contributed by atoms with Crippen LogP contribution >= 0.6 is 0 Å². The zero-order chi connectivity index (χ0) is 13.1. The van der Waals surface area contributed by atoms with Gasteiger partial charge in [-0.15, -0.1) is 0 Å². The summed E-state index contributed by atoms with van der Waals surface area (Å²) in [6.07, 6.45) is 3.64. The highest BCUT2D eigenvalue weighted by Gasteiger charge is 2.22. The lowest BCUT2D eigenvalue weighted by Crippen LogP contribution is -2.30. The molecule has 0 amide bonds. The van der Waals surface area contributed by atoms with Crippen LogP contribution in [0.4, 0.5) is 4.39 Å². The number of aromatic carboxylic acids is 1. The molecule has 2 atom stereocenters. The molecule has 0 radical (unpaired) electrons. The largest absolute Gasteiger partial charge is 0.478 e. The summed E-state index contributed by atoms with van der Waals surface area (Å²) in [5, 5.41) is 12.1. The van der Waals surface area contributed by atoms with E-state index >= 15 is 0 Å². The normalized spacial score (nSPS) is 23.2. The molecule has 1 saturated carbocycles. The molecule has 1 aliphatic rings. The number of benzene rings is 1. The third-order valence-corrected chi connectivity index (χ3v) is 3.69. The Bertz CT molecular complexity index is 447. The summed E-state index contributed by atoms with van der Waals surface area (Å²) < 4.78 is 13.5. The number of halogens is 1. The summed E-state index contributed by atoms with van der Waals surface area (Å²) in [4.78, 5) is 10.7. The Morgan fingerprint density at radius 2 is 2.28 bits per heavy atom. The van der Waals surface area contributed by atoms with Crippen molar-refractivity contribution in [2.45, 2.75) is 38.8 Å². The highest BCUT2D eigenvalue weighted by molar-refractivity contribution is 5.87. The van der Waals surface area contributed by atoms with E-state index in [4.69, 9.17) is 5.11 Å². The van der Waals surface area contributed by atoms with Crippen LogP contribution in [0.2, 0.25) is 0 Å². The maximum atomic E-state index is 13.5. The van der Waals surface area contributed by atoms with Crippen LogP contribution in [-0.2, 0) is 6.54 Å². The van der Waals surface area contributed by atoms with E-state index in [1.165, 1.54) is 25.0 Å². The first-order chi connectivity index (χ1) is 8.58. The van der Waals surface area contributed by atoms with E-state index in [1.54, 1.807) is 6.07 Å². The maximum Gasteiger partial charge on any atom is 0.338 e. The zero-order valence-corrected chi connectivity index (χ0v) is 10.4. The van der Waals surface area contributed by atoms with Crippen LogP contribution in [0.25, 0.3) is 0 Å². The summed E-state index contributed by atoms with van der Waals surface area (Å²) in [5.41, 5.74) is 0.518. The summed E-state index contributed by atoms with van der Waals surface area (Å²) in [6, 6.07) is 4.79. The second-order valence-corrected chi connectivity index (χ2v) is 5.01. The van der Waals surface area contributed by atoms with E-state index in [1.807, 2.05) is 0 Å². The number of carbonyl (C=O) groups is 1. The Hall–Kier alpha value is -1.42. The minimum absolute atomic E-state index is 0.270. The predicted octanol–water partition coefficient (Wildman–Crippen LogP) is 2.80. The van der Waals surface area contributed by atoms with Gasteiger partial charge in [-0.3, -0.25) is 0 Å². The molecule has 1 aromatic rings. The van der Waals surface area contributed by atoms with E-state index in [0.717, 1.165) is 12.0 Å². The fourth-order valence-corrected chi connectivity index (χ4v) is 2.54. The molecule has 1 aromatic carbocycles. The molecule has 2 unspecified atom stereocenters. The number of hydrogen-bond acceptors (Lipinski definition) is 2. The summed E-state index contributed by atoms with van der Waals surface area (Å²) in [7, 11) is 0. The van der Waals surface area contributed by atoms with Gasteiger partial charge in [-0.2, -0.15) is 0 Å². The van der Waals surface area contributed by atoms with Crippen LogP contribution in [0.1, 0.15) is 42.1 Å². The van der Waals surface area contributed by atoms with Crippen molar-refractivity contribution in [3.63, 3.8) is 0 Å². The van der Waals surface area contributed by atoms with E-state index in [0.29, 0.717) is 18.5 Å². The van der Waals surface area contributed by atoms with Crippen LogP contribution < -0.4 is 5.32 Å². The van der Waals surface area contributed by atoms with Gasteiger partial charge >= 0.3 is 5.97 Å². The second-order valence-electron chi connectivity index (χ2n) is 5.01. The Labute approximate surface area is 106 Å². The molecule has 0 saturated heterocycles. The Morgan fingerprint density at radius 3 is 2.83 bits per heavy atom. The summed E-state index contributed by atoms with van der Waals surface area (Å²) in [5.74, 6) is -1.23. The minimum atomic E-state index is -1.23. The molecule has 0 bridgehead atoms. The van der Waals surface area contributed by atoms with Crippen molar-refractivity contribution in [3.05, 3.63) is 35.1 Å². The van der Waals surface area contributed by atoms with E-state index in [9.17, 15) is 9.18 Å². The van der Waals surface area contributed by atoms with Gasteiger partial charge in [0.05, 0.1) is 5.56 Å². The number of carboxylic acids is 1. The molecule has 3 nitrogen and oxygen atoms in total. The van der Waals surface area contributed by atoms with E-state index in [-0.39, 0.29) is 5.56 Å². The molecule has 0 spiro atoms. The van der Waals surface area contributed by atoms with Crippen molar-refractivity contribution in [2.24, 2.45) is 5.92 Å². The molecule has 2 N–H and O–H groups in total. The molecule has 0 aromatic heterocycles. The molecule has 1 aliphatic carbocycles. The van der Waals surface area contributed by atoms with Crippen LogP contribution in [0.3, 0.4) is 0 Å². The van der Waals surface area contributed by atoms with Crippen molar-refractivity contribution in [2.75, 3.05) is 0 Å². The lowest BCUT2D eigenvalue weighted by molar-refractivity contribution is 0.0692. The van der Waals surface area contributed by atoms with Crippen molar-refractivity contribution < 1.29 is 14.3 Å². The smallest absolute Gasteiger partial charge is 0.338 e. The number of rotatable bonds is 4. The average Bonchev–Trinajstić information content (AvgIpc) is 2.72. The standard InChI is InChI=1S/C14H18FNO2/c1-9-3-2-4-13(9)16-8-10-5-6-11(14(17)18)12(15)7-10/h5-7,9,13,16H,2-4,8H2,1H3,(H,17,18). The highest BCUT2D eigenvalue weighted by Crippen LogP contribution is 2.25. The van der Waals surface area contributed by atoms with Crippen molar-refractivity contribution in [1.29, 1.82) is 0 Å². The van der Waals surface area contributed by atoms with Crippen molar-refractivity contribution >= 4 is 5.97 Å². The van der Waals surface area contributed by atoms with Gasteiger partial charge in [-0.1, -0.05) is 19.4 Å². The fourth-order valence-electron chi connectivity index (χ4n) is 2.54. The molecule has 2 rings (SSSR count). The average molecular weight is 251 g/mol. The monoisotopic (exact) mass is 251 g/mol. The Morgan fingerprint density at radius 1 is 1.50 bits per heavy atom. The fraction of sp³-hybridized carbons (Fsp3) is 0.500. The van der Waals surface area contributed by atoms with Gasteiger partial charge in [0.1, 0.15) is 5.82 Å². The van der Waals surface area contributed by atoms with Gasteiger partial charge in [0.25, 0.3) is 0 Å². The first-order valence-electron chi connectivity index (χ1n) is 6.33. The molecular weight excluding hydrogens is 233 g/mol. The molecule has 0 aliphatic heterocycles. The Kier molecular flexibility index (Phi) is 3.97. The summed E-state index contributed by atoms with van der Waals surface area (Å²) >= 11 is 0. The first-order valence-corrected chi connectivity index (χ1v) is 6.33. The van der Waals surface area contributed by atoms with E-state index in [2.05, 4.69) is 12.2 Å². The van der Waals surface area contributed by atoms with Gasteiger partial charge < -0.3 is 10.4 Å². The molecule has 18 heavy (non-hydrogen) atoms. The molecular formula is C14H18FNO2. The number of nitrogens with one attached hydrogen (secondary N) is 1. The SMILES string of the molecule is CC1CCCC1NCc1ccc(C(=O)O)c(F)c1. The molecule has 4 heteroatoms. The van der Waals surface area contributed by atoms with Crippen LogP contribution in [0.15, 0.2) is 18.2 Å². The zero-order valence-electron chi connectivity index (χ0n) is 10.4. The van der Waals surface area contributed by atoms with E-state index < -0.39 is 11.8 Å². The first kappa shape index (κ1) is 13.0. The van der Waals surface area contributed by atoms with Gasteiger partial charge in [0, 0.05) is 12.6 Å². The predicted molar refractivity (Wildman–Crippen MR) is 67.0 cm³/mol. The lowest BCUT2D eigenvalue weighted by Gasteiger charge is -2.17. The van der Waals surface area contributed by atoms with Crippen LogP contribution in [0, 0.1) is 11.7 Å². The molecule has 1 fully saturated rings. The third-order valence-electron chi connectivity index (χ3n) is 3.69. The molecule has 0 heterocycles. The second kappa shape index (κ2) is 5.48. The molecule has 98 valence electrons. The van der Waals surface area contributed by atoms with Gasteiger partial charge in [0.2, 0.25) is 0 Å². The maximum absolute atomic E-state index is 13.5. The Balaban J connectivity index is 1.98. The number of hydrogen-bond donors (Lipinski definition) is 2. The van der Waals surface area contributed by atoms with Crippen LogP contribution in [-0.4, -0.2) is 17.1 Å². The summed E-state index contributed by atoms with van der Waals surface area (Å²) in [6.45, 7) is 2.81. The third kappa shape index (κ3) is 2.88. The quantitative estimate of drug-likeness (QED) is 0.865. The topological polar surface area (TPSA) is 49.3 Å². The van der Waals surface area contributed by atoms with Gasteiger partial charge in [-0.25, -0.2) is 9.18 Å². The van der Waals surface area contributed by atoms with Crippen LogP contribution in [0.5, 0.6) is 0 Å². The van der Waals surface area contributed by atoms with Gasteiger partial charge in [0.15, 0.2) is 0 Å². The van der Waals surface area contributed by atoms with Crippen molar-refractivity contribution in [1.82, 2.24) is 5.32 Å². The minimum Gasteiger partial charge on any atom is -0.478 e. The lowest BCUT2D eigenvalue weighted by atomic mass is 10.1. The number of carboxylic acid groups (broad SMARTS) is 1. The van der Waals surface area contributed by atoms with Crippen molar-refractivity contribution in [3.8, 4) is 0 Å².